The molecule has 23 heavy (non-hydrogen) atoms. The van der Waals surface area contributed by atoms with E-state index in [9.17, 15) is 23.3 Å². The lowest BCUT2D eigenvalue weighted by molar-refractivity contribution is -0.384. The van der Waals surface area contributed by atoms with Gasteiger partial charge in [0.05, 0.1) is 16.7 Å². The number of nitrogens with one attached hydrogen (secondary N) is 1. The van der Waals surface area contributed by atoms with E-state index in [0.717, 1.165) is 22.2 Å². The van der Waals surface area contributed by atoms with E-state index in [1.807, 2.05) is 0 Å². The number of nitrogens with zero attached hydrogens (tertiary/aromatic N) is 2. The van der Waals surface area contributed by atoms with Crippen LogP contribution in [0.3, 0.4) is 0 Å². The number of anilines is 1. The van der Waals surface area contributed by atoms with E-state index in [4.69, 9.17) is 0 Å². The molecule has 0 aliphatic rings. The molecular formula is C14H9BrF3N3O2. The van der Waals surface area contributed by atoms with Gasteiger partial charge in [0.2, 0.25) is 0 Å². The molecule has 0 atom stereocenters. The third-order valence-electron chi connectivity index (χ3n) is 2.79. The normalized spacial score (nSPS) is 11.7. The van der Waals surface area contributed by atoms with Gasteiger partial charge in [-0.1, -0.05) is 28.1 Å². The summed E-state index contributed by atoms with van der Waals surface area (Å²) in [4.78, 5) is 10.0. The predicted octanol–water partition coefficient (Wildman–Crippen LogP) is 4.82. The van der Waals surface area contributed by atoms with Crippen molar-refractivity contribution in [2.24, 2.45) is 5.10 Å². The molecule has 0 unspecified atom stereocenters. The molecule has 0 bridgehead atoms. The van der Waals surface area contributed by atoms with Crippen LogP contribution in [0.1, 0.15) is 11.1 Å². The minimum Gasteiger partial charge on any atom is -0.272 e. The third kappa shape index (κ3) is 4.52. The molecule has 2 aromatic carbocycles. The van der Waals surface area contributed by atoms with Crippen molar-refractivity contribution < 1.29 is 18.1 Å². The lowest BCUT2D eigenvalue weighted by atomic mass is 10.1. The van der Waals surface area contributed by atoms with Gasteiger partial charge in [-0.2, -0.15) is 18.3 Å². The zero-order chi connectivity index (χ0) is 17.0. The van der Waals surface area contributed by atoms with E-state index in [1.165, 1.54) is 6.21 Å². The standard InChI is InChI=1S/C14H9BrF3N3O2/c15-11-4-1-9(2-5-11)8-19-20-12-6-3-10(14(16,17)18)7-13(12)21(22)23/h1-8,20H/b19-8+. The van der Waals surface area contributed by atoms with Crippen LogP contribution in [0.5, 0.6) is 0 Å². The van der Waals surface area contributed by atoms with Crippen LogP contribution < -0.4 is 5.43 Å². The highest BCUT2D eigenvalue weighted by atomic mass is 79.9. The van der Waals surface area contributed by atoms with Gasteiger partial charge in [-0.25, -0.2) is 0 Å². The fourth-order valence-electron chi connectivity index (χ4n) is 1.68. The Hall–Kier alpha value is -2.42. The molecule has 1 N–H and O–H groups in total. The molecule has 5 nitrogen and oxygen atoms in total. The molecule has 0 radical (unpaired) electrons. The summed E-state index contributed by atoms with van der Waals surface area (Å²) in [6.45, 7) is 0. The Morgan fingerprint density at radius 3 is 2.39 bits per heavy atom. The number of rotatable bonds is 4. The van der Waals surface area contributed by atoms with Gasteiger partial charge >= 0.3 is 6.18 Å². The van der Waals surface area contributed by atoms with Crippen LogP contribution in [0.25, 0.3) is 0 Å². The van der Waals surface area contributed by atoms with Crippen molar-refractivity contribution >= 4 is 33.5 Å². The van der Waals surface area contributed by atoms with E-state index in [0.29, 0.717) is 6.07 Å². The molecule has 120 valence electrons. The summed E-state index contributed by atoms with van der Waals surface area (Å²) < 4.78 is 38.7. The van der Waals surface area contributed by atoms with Crippen LogP contribution in [0.4, 0.5) is 24.5 Å². The topological polar surface area (TPSA) is 67.5 Å². The second-order valence-electron chi connectivity index (χ2n) is 4.41. The number of benzene rings is 2. The average molecular weight is 388 g/mol. The number of nitro benzene ring substituents is 1. The smallest absolute Gasteiger partial charge is 0.272 e. The van der Waals surface area contributed by atoms with Crippen LogP contribution >= 0.6 is 15.9 Å². The Morgan fingerprint density at radius 2 is 1.83 bits per heavy atom. The fourth-order valence-corrected chi connectivity index (χ4v) is 1.94. The number of nitro groups is 1. The van der Waals surface area contributed by atoms with Crippen molar-refractivity contribution in [1.29, 1.82) is 0 Å². The lowest BCUT2D eigenvalue weighted by Crippen LogP contribution is -2.06. The monoisotopic (exact) mass is 387 g/mol. The highest BCUT2D eigenvalue weighted by molar-refractivity contribution is 9.10. The van der Waals surface area contributed by atoms with Gasteiger partial charge in [0.15, 0.2) is 0 Å². The minimum absolute atomic E-state index is 0.128. The van der Waals surface area contributed by atoms with Gasteiger partial charge < -0.3 is 0 Å². The predicted molar refractivity (Wildman–Crippen MR) is 83.5 cm³/mol. The first-order valence-corrected chi connectivity index (χ1v) is 6.97. The zero-order valence-corrected chi connectivity index (χ0v) is 12.9. The van der Waals surface area contributed by atoms with Crippen LogP contribution in [0.15, 0.2) is 52.0 Å². The second kappa shape index (κ2) is 6.78. The zero-order valence-electron chi connectivity index (χ0n) is 11.3. The largest absolute Gasteiger partial charge is 0.416 e. The Morgan fingerprint density at radius 1 is 1.17 bits per heavy atom. The molecule has 0 saturated heterocycles. The third-order valence-corrected chi connectivity index (χ3v) is 3.32. The van der Waals surface area contributed by atoms with Gasteiger partial charge in [-0.15, -0.1) is 0 Å². The van der Waals surface area contributed by atoms with Crippen molar-refractivity contribution in [1.82, 2.24) is 0 Å². The Labute approximate surface area is 137 Å². The molecule has 0 fully saturated rings. The molecule has 0 amide bonds. The highest BCUT2D eigenvalue weighted by Gasteiger charge is 2.33. The van der Waals surface area contributed by atoms with E-state index < -0.39 is 22.4 Å². The fraction of sp³-hybridized carbons (Fsp3) is 0.0714. The number of hydrogen-bond donors (Lipinski definition) is 1. The number of hydrazone groups is 1. The van der Waals surface area contributed by atoms with Crippen molar-refractivity contribution in [3.05, 3.63) is 68.2 Å². The van der Waals surface area contributed by atoms with Crippen LogP contribution in [-0.4, -0.2) is 11.1 Å². The Kier molecular flexibility index (Phi) is 4.99. The maximum Gasteiger partial charge on any atom is 0.416 e. The Bertz CT molecular complexity index is 746. The molecule has 0 aliphatic heterocycles. The van der Waals surface area contributed by atoms with Gasteiger partial charge in [0.1, 0.15) is 5.69 Å². The quantitative estimate of drug-likeness (QED) is 0.464. The van der Waals surface area contributed by atoms with Crippen LogP contribution in [0.2, 0.25) is 0 Å². The molecule has 0 heterocycles. The van der Waals surface area contributed by atoms with Crippen molar-refractivity contribution in [3.63, 3.8) is 0 Å². The van der Waals surface area contributed by atoms with Crippen LogP contribution in [0, 0.1) is 10.1 Å². The summed E-state index contributed by atoms with van der Waals surface area (Å²) >= 11 is 3.27. The summed E-state index contributed by atoms with van der Waals surface area (Å²) in [6.07, 6.45) is -3.25. The molecule has 0 spiro atoms. The number of alkyl halides is 3. The number of halogens is 4. The average Bonchev–Trinajstić information content (AvgIpc) is 2.48. The van der Waals surface area contributed by atoms with E-state index >= 15 is 0 Å². The van der Waals surface area contributed by atoms with Crippen molar-refractivity contribution in [3.8, 4) is 0 Å². The molecule has 0 aromatic heterocycles. The summed E-state index contributed by atoms with van der Waals surface area (Å²) in [5.41, 5.74) is 1.18. The van der Waals surface area contributed by atoms with Crippen molar-refractivity contribution in [2.75, 3.05) is 5.43 Å². The Balaban J connectivity index is 2.22. The van der Waals surface area contributed by atoms with Gasteiger partial charge in [0.25, 0.3) is 5.69 Å². The van der Waals surface area contributed by atoms with E-state index in [-0.39, 0.29) is 5.69 Å². The van der Waals surface area contributed by atoms with E-state index in [2.05, 4.69) is 26.5 Å². The summed E-state index contributed by atoms with van der Waals surface area (Å²) in [5.74, 6) is 0. The molecule has 0 saturated carbocycles. The van der Waals surface area contributed by atoms with Gasteiger partial charge in [-0.3, -0.25) is 15.5 Å². The molecule has 2 aromatic rings. The SMILES string of the molecule is O=[N+]([O-])c1cc(C(F)(F)F)ccc1N/N=C/c1ccc(Br)cc1. The molecule has 2 rings (SSSR count). The first-order valence-electron chi connectivity index (χ1n) is 6.17. The summed E-state index contributed by atoms with van der Waals surface area (Å²) in [5, 5.41) is 14.7. The summed E-state index contributed by atoms with van der Waals surface area (Å²) in [6, 6.07) is 9.25. The van der Waals surface area contributed by atoms with Crippen molar-refractivity contribution in [2.45, 2.75) is 6.18 Å². The summed E-state index contributed by atoms with van der Waals surface area (Å²) in [7, 11) is 0. The first-order chi connectivity index (χ1) is 10.8. The molecule has 0 aliphatic carbocycles. The highest BCUT2D eigenvalue weighted by Crippen LogP contribution is 2.34. The second-order valence-corrected chi connectivity index (χ2v) is 5.32. The lowest BCUT2D eigenvalue weighted by Gasteiger charge is -2.08. The van der Waals surface area contributed by atoms with Crippen LogP contribution in [-0.2, 0) is 6.18 Å². The van der Waals surface area contributed by atoms with Gasteiger partial charge in [0, 0.05) is 10.5 Å². The van der Waals surface area contributed by atoms with Gasteiger partial charge in [-0.05, 0) is 29.8 Å². The number of hydrogen-bond acceptors (Lipinski definition) is 4. The minimum atomic E-state index is -4.65. The van der Waals surface area contributed by atoms with E-state index in [1.54, 1.807) is 24.3 Å². The first kappa shape index (κ1) is 16.9. The maximum atomic E-state index is 12.6. The molecular weight excluding hydrogens is 379 g/mol. The molecule has 9 heteroatoms. The maximum absolute atomic E-state index is 12.6.